The van der Waals surface area contributed by atoms with Crippen molar-refractivity contribution in [1.82, 2.24) is 4.90 Å². The van der Waals surface area contributed by atoms with Gasteiger partial charge in [-0.1, -0.05) is 6.92 Å². The highest BCUT2D eigenvalue weighted by atomic mass is 16.2. The monoisotopic (exact) mass is 129 g/mol. The summed E-state index contributed by atoms with van der Waals surface area (Å²) >= 11 is 0. The lowest BCUT2D eigenvalue weighted by atomic mass is 10.4. The SMILES string of the molecule is CCC(=O)N(C=O)CC. The molecule has 9 heavy (non-hydrogen) atoms. The summed E-state index contributed by atoms with van der Waals surface area (Å²) in [4.78, 5) is 21.9. The quantitative estimate of drug-likeness (QED) is 0.517. The Morgan fingerprint density at radius 2 is 2.11 bits per heavy atom. The first-order valence-corrected chi connectivity index (χ1v) is 3.01. The predicted octanol–water partition coefficient (Wildman–Crippen LogP) is 0.401. The number of hydrogen-bond donors (Lipinski definition) is 0. The van der Waals surface area contributed by atoms with Gasteiger partial charge in [0.2, 0.25) is 12.3 Å². The van der Waals surface area contributed by atoms with Gasteiger partial charge in [-0.25, -0.2) is 0 Å². The lowest BCUT2D eigenvalue weighted by Gasteiger charge is -2.09. The summed E-state index contributed by atoms with van der Waals surface area (Å²) in [7, 11) is 0. The molecule has 52 valence electrons. The van der Waals surface area contributed by atoms with Gasteiger partial charge in [0.05, 0.1) is 0 Å². The molecule has 2 amide bonds. The molecule has 0 aromatic heterocycles. The number of carbonyl (C=O) groups excluding carboxylic acids is 2. The minimum absolute atomic E-state index is 0.118. The van der Waals surface area contributed by atoms with E-state index in [0.717, 1.165) is 4.90 Å². The summed E-state index contributed by atoms with van der Waals surface area (Å²) in [5.41, 5.74) is 0. The second-order valence-electron chi connectivity index (χ2n) is 1.64. The van der Waals surface area contributed by atoms with E-state index in [4.69, 9.17) is 0 Å². The van der Waals surface area contributed by atoms with Gasteiger partial charge in [-0.05, 0) is 6.92 Å². The second kappa shape index (κ2) is 4.06. The highest BCUT2D eigenvalue weighted by molar-refractivity contribution is 5.85. The first-order chi connectivity index (χ1) is 4.26. The van der Waals surface area contributed by atoms with Crippen LogP contribution >= 0.6 is 0 Å². The van der Waals surface area contributed by atoms with E-state index in [9.17, 15) is 9.59 Å². The van der Waals surface area contributed by atoms with Crippen molar-refractivity contribution < 1.29 is 9.59 Å². The van der Waals surface area contributed by atoms with E-state index in [1.165, 1.54) is 0 Å². The fraction of sp³-hybridized carbons (Fsp3) is 0.667. The third-order valence-electron chi connectivity index (χ3n) is 1.09. The largest absolute Gasteiger partial charge is 0.286 e. The molecule has 0 rings (SSSR count). The normalized spacial score (nSPS) is 8.67. The third-order valence-corrected chi connectivity index (χ3v) is 1.09. The number of imide groups is 1. The molecule has 0 aromatic rings. The van der Waals surface area contributed by atoms with Crippen LogP contribution < -0.4 is 0 Å². The third kappa shape index (κ3) is 2.26. The number of rotatable bonds is 3. The maximum atomic E-state index is 10.7. The van der Waals surface area contributed by atoms with Crippen molar-refractivity contribution >= 4 is 12.3 Å². The molecule has 0 unspecified atom stereocenters. The summed E-state index contributed by atoms with van der Waals surface area (Å²) in [6.07, 6.45) is 0.957. The summed E-state index contributed by atoms with van der Waals surface area (Å²) in [6.45, 7) is 3.96. The number of carbonyl (C=O) groups is 2. The Morgan fingerprint density at radius 3 is 2.22 bits per heavy atom. The molecule has 3 nitrogen and oxygen atoms in total. The zero-order valence-electron chi connectivity index (χ0n) is 5.76. The molecule has 0 aromatic carbocycles. The summed E-state index contributed by atoms with van der Waals surface area (Å²) in [5.74, 6) is -0.118. The number of nitrogens with zero attached hydrogens (tertiary/aromatic N) is 1. The Bertz CT molecular complexity index is 112. The second-order valence-corrected chi connectivity index (χ2v) is 1.64. The van der Waals surface area contributed by atoms with E-state index in [2.05, 4.69) is 0 Å². The average molecular weight is 129 g/mol. The van der Waals surface area contributed by atoms with Crippen molar-refractivity contribution in [3.05, 3.63) is 0 Å². The van der Waals surface area contributed by atoms with Gasteiger partial charge in [0.1, 0.15) is 0 Å². The Kier molecular flexibility index (Phi) is 3.67. The minimum atomic E-state index is -0.118. The average Bonchev–Trinajstić information content (AvgIpc) is 1.90. The highest BCUT2D eigenvalue weighted by Crippen LogP contribution is 1.87. The van der Waals surface area contributed by atoms with Crippen LogP contribution in [0.2, 0.25) is 0 Å². The molecule has 0 N–H and O–H groups in total. The van der Waals surface area contributed by atoms with Crippen molar-refractivity contribution in [2.45, 2.75) is 20.3 Å². The van der Waals surface area contributed by atoms with Gasteiger partial charge in [0, 0.05) is 13.0 Å². The van der Waals surface area contributed by atoms with E-state index in [0.29, 0.717) is 19.4 Å². The zero-order chi connectivity index (χ0) is 7.28. The van der Waals surface area contributed by atoms with Crippen LogP contribution in [0.15, 0.2) is 0 Å². The molecule has 0 heterocycles. The van der Waals surface area contributed by atoms with Crippen LogP contribution in [0.5, 0.6) is 0 Å². The van der Waals surface area contributed by atoms with Gasteiger partial charge in [-0.2, -0.15) is 0 Å². The van der Waals surface area contributed by atoms with E-state index >= 15 is 0 Å². The standard InChI is InChI=1S/C6H11NO2/c1-3-6(9)7(4-2)5-8/h5H,3-4H2,1-2H3. The van der Waals surface area contributed by atoms with Gasteiger partial charge in [0.25, 0.3) is 0 Å². The Hall–Kier alpha value is -0.860. The van der Waals surface area contributed by atoms with Crippen LogP contribution in [-0.4, -0.2) is 23.8 Å². The molecule has 0 radical (unpaired) electrons. The van der Waals surface area contributed by atoms with Crippen molar-refractivity contribution in [2.24, 2.45) is 0 Å². The first-order valence-electron chi connectivity index (χ1n) is 3.01. The Balaban J connectivity index is 3.78. The fourth-order valence-electron chi connectivity index (χ4n) is 0.513. The first kappa shape index (κ1) is 8.14. The van der Waals surface area contributed by atoms with Gasteiger partial charge in [-0.3, -0.25) is 14.5 Å². The number of hydrogen-bond acceptors (Lipinski definition) is 2. The van der Waals surface area contributed by atoms with Gasteiger partial charge >= 0.3 is 0 Å². The molecular weight excluding hydrogens is 118 g/mol. The lowest BCUT2D eigenvalue weighted by Crippen LogP contribution is -2.28. The molecule has 0 saturated carbocycles. The molecule has 0 fully saturated rings. The molecule has 0 saturated heterocycles. The molecule has 0 aliphatic heterocycles. The fourth-order valence-corrected chi connectivity index (χ4v) is 0.513. The molecular formula is C6H11NO2. The maximum Gasteiger partial charge on any atom is 0.228 e. The van der Waals surface area contributed by atoms with E-state index in [1.807, 2.05) is 0 Å². The van der Waals surface area contributed by atoms with Gasteiger partial charge in [0.15, 0.2) is 0 Å². The highest BCUT2D eigenvalue weighted by Gasteiger charge is 2.05. The van der Waals surface area contributed by atoms with Crippen molar-refractivity contribution in [3.8, 4) is 0 Å². The van der Waals surface area contributed by atoms with Crippen molar-refractivity contribution in [2.75, 3.05) is 6.54 Å². The Labute approximate surface area is 54.6 Å². The van der Waals surface area contributed by atoms with Crippen LogP contribution in [0.4, 0.5) is 0 Å². The molecule has 3 heteroatoms. The maximum absolute atomic E-state index is 10.7. The molecule has 0 aliphatic carbocycles. The molecule has 0 atom stereocenters. The van der Waals surface area contributed by atoms with Crippen LogP contribution in [0.1, 0.15) is 20.3 Å². The molecule has 0 bridgehead atoms. The topological polar surface area (TPSA) is 37.4 Å². The minimum Gasteiger partial charge on any atom is -0.286 e. The van der Waals surface area contributed by atoms with Crippen LogP contribution in [0.3, 0.4) is 0 Å². The van der Waals surface area contributed by atoms with Crippen molar-refractivity contribution in [1.29, 1.82) is 0 Å². The smallest absolute Gasteiger partial charge is 0.228 e. The summed E-state index contributed by atoms with van der Waals surface area (Å²) in [6, 6.07) is 0. The predicted molar refractivity (Wildman–Crippen MR) is 33.7 cm³/mol. The van der Waals surface area contributed by atoms with E-state index in [1.54, 1.807) is 13.8 Å². The molecule has 0 spiro atoms. The van der Waals surface area contributed by atoms with Crippen LogP contribution in [0, 0.1) is 0 Å². The van der Waals surface area contributed by atoms with E-state index < -0.39 is 0 Å². The summed E-state index contributed by atoms with van der Waals surface area (Å²) < 4.78 is 0. The van der Waals surface area contributed by atoms with Crippen molar-refractivity contribution in [3.63, 3.8) is 0 Å². The lowest BCUT2D eigenvalue weighted by molar-refractivity contribution is -0.137. The zero-order valence-corrected chi connectivity index (χ0v) is 5.76. The summed E-state index contributed by atoms with van der Waals surface area (Å²) in [5, 5.41) is 0. The Morgan fingerprint density at radius 1 is 1.56 bits per heavy atom. The van der Waals surface area contributed by atoms with Crippen LogP contribution in [-0.2, 0) is 9.59 Å². The van der Waals surface area contributed by atoms with Gasteiger partial charge in [-0.15, -0.1) is 0 Å². The molecule has 0 aliphatic rings. The van der Waals surface area contributed by atoms with Gasteiger partial charge < -0.3 is 0 Å². The van der Waals surface area contributed by atoms with E-state index in [-0.39, 0.29) is 5.91 Å². The van der Waals surface area contributed by atoms with Crippen LogP contribution in [0.25, 0.3) is 0 Å². The number of amides is 2.